The third kappa shape index (κ3) is 5.27. The molecular formula is C19H19N3O4. The van der Waals surface area contributed by atoms with E-state index in [0.717, 1.165) is 0 Å². The smallest absolute Gasteiger partial charge is 0.276 e. The monoisotopic (exact) mass is 353 g/mol. The zero-order chi connectivity index (χ0) is 19.1. The van der Waals surface area contributed by atoms with E-state index in [4.69, 9.17) is 0 Å². The summed E-state index contributed by atoms with van der Waals surface area (Å²) in [4.78, 5) is 34.2. The lowest BCUT2D eigenvalue weighted by Crippen LogP contribution is -2.17. The highest BCUT2D eigenvalue weighted by atomic mass is 16.6. The van der Waals surface area contributed by atoms with Crippen molar-refractivity contribution in [3.05, 3.63) is 70.3 Å². The maximum Gasteiger partial charge on any atom is 0.276 e. The summed E-state index contributed by atoms with van der Waals surface area (Å²) in [6, 6.07) is 12.9. The van der Waals surface area contributed by atoms with E-state index >= 15 is 0 Å². The highest BCUT2D eigenvalue weighted by Gasteiger charge is 2.10. The molecule has 0 atom stereocenters. The molecular weight excluding hydrogens is 334 g/mol. The standard InChI is InChI=1S/C19H19N3O4/c1-13(2)19(24)21-16-8-5-7-15(12-16)20-18(23)11-10-14-6-3-4-9-17(14)22(25)26/h3-13H,1-2H3,(H,20,23)(H,21,24)/b11-10+. The molecule has 2 aromatic carbocycles. The fourth-order valence-electron chi connectivity index (χ4n) is 2.11. The first-order valence-electron chi connectivity index (χ1n) is 8.00. The van der Waals surface area contributed by atoms with Gasteiger partial charge in [0.2, 0.25) is 11.8 Å². The van der Waals surface area contributed by atoms with Gasteiger partial charge in [0.05, 0.1) is 10.5 Å². The second-order valence-corrected chi connectivity index (χ2v) is 5.86. The van der Waals surface area contributed by atoms with Gasteiger partial charge in [0.25, 0.3) is 5.69 Å². The van der Waals surface area contributed by atoms with Crippen LogP contribution in [0.25, 0.3) is 6.08 Å². The number of amides is 2. The zero-order valence-electron chi connectivity index (χ0n) is 14.4. The third-order valence-corrected chi connectivity index (χ3v) is 3.47. The molecule has 0 fully saturated rings. The Labute approximate surface area is 150 Å². The van der Waals surface area contributed by atoms with Crippen LogP contribution < -0.4 is 10.6 Å². The minimum absolute atomic E-state index is 0.0741. The molecule has 0 radical (unpaired) electrons. The predicted octanol–water partition coefficient (Wildman–Crippen LogP) is 3.84. The number of nitro groups is 1. The molecule has 0 saturated heterocycles. The topological polar surface area (TPSA) is 101 Å². The third-order valence-electron chi connectivity index (χ3n) is 3.47. The van der Waals surface area contributed by atoms with Gasteiger partial charge in [-0.3, -0.25) is 19.7 Å². The summed E-state index contributed by atoms with van der Waals surface area (Å²) in [6.07, 6.45) is 2.61. The van der Waals surface area contributed by atoms with Gasteiger partial charge in [-0.05, 0) is 30.3 Å². The second kappa shape index (κ2) is 8.57. The molecule has 134 valence electrons. The normalized spacial score (nSPS) is 10.7. The summed E-state index contributed by atoms with van der Waals surface area (Å²) in [5.41, 5.74) is 1.34. The van der Waals surface area contributed by atoms with Gasteiger partial charge in [-0.2, -0.15) is 0 Å². The Morgan fingerprint density at radius 3 is 2.35 bits per heavy atom. The lowest BCUT2D eigenvalue weighted by molar-refractivity contribution is -0.385. The van der Waals surface area contributed by atoms with Gasteiger partial charge in [0, 0.05) is 29.4 Å². The summed E-state index contributed by atoms with van der Waals surface area (Å²) in [6.45, 7) is 3.57. The van der Waals surface area contributed by atoms with Gasteiger partial charge >= 0.3 is 0 Å². The van der Waals surface area contributed by atoms with Crippen molar-refractivity contribution in [2.24, 2.45) is 5.92 Å². The summed E-state index contributed by atoms with van der Waals surface area (Å²) in [5.74, 6) is -0.710. The minimum atomic E-state index is -0.502. The molecule has 2 aromatic rings. The van der Waals surface area contributed by atoms with Crippen LogP contribution in [0.15, 0.2) is 54.6 Å². The number of nitrogens with one attached hydrogen (secondary N) is 2. The molecule has 0 spiro atoms. The van der Waals surface area contributed by atoms with Gasteiger partial charge < -0.3 is 10.6 Å². The van der Waals surface area contributed by atoms with Crippen LogP contribution in [-0.2, 0) is 9.59 Å². The zero-order valence-corrected chi connectivity index (χ0v) is 14.4. The molecule has 7 nitrogen and oxygen atoms in total. The summed E-state index contributed by atoms with van der Waals surface area (Å²) in [7, 11) is 0. The first-order valence-corrected chi connectivity index (χ1v) is 8.00. The van der Waals surface area contributed by atoms with Gasteiger partial charge in [-0.1, -0.05) is 32.0 Å². The molecule has 0 aliphatic rings. The van der Waals surface area contributed by atoms with E-state index in [1.807, 2.05) is 0 Å². The Balaban J connectivity index is 2.06. The number of hydrogen-bond donors (Lipinski definition) is 2. The van der Waals surface area contributed by atoms with Gasteiger partial charge in [-0.15, -0.1) is 0 Å². The highest BCUT2D eigenvalue weighted by molar-refractivity contribution is 6.02. The van der Waals surface area contributed by atoms with E-state index < -0.39 is 10.8 Å². The van der Waals surface area contributed by atoms with E-state index in [9.17, 15) is 19.7 Å². The fourth-order valence-corrected chi connectivity index (χ4v) is 2.11. The molecule has 0 aliphatic heterocycles. The summed E-state index contributed by atoms with van der Waals surface area (Å²) < 4.78 is 0. The molecule has 0 heterocycles. The first kappa shape index (κ1) is 18.9. The van der Waals surface area contributed by atoms with Crippen molar-refractivity contribution in [2.45, 2.75) is 13.8 Å². The Hall–Kier alpha value is -3.48. The molecule has 7 heteroatoms. The van der Waals surface area contributed by atoms with E-state index in [1.165, 1.54) is 18.2 Å². The van der Waals surface area contributed by atoms with Gasteiger partial charge in [-0.25, -0.2) is 0 Å². The number of carbonyl (C=O) groups is 2. The van der Waals surface area contributed by atoms with Crippen molar-refractivity contribution >= 4 is 35.0 Å². The first-order chi connectivity index (χ1) is 12.4. The largest absolute Gasteiger partial charge is 0.326 e. The lowest BCUT2D eigenvalue weighted by Gasteiger charge is -2.09. The summed E-state index contributed by atoms with van der Waals surface area (Å²) in [5, 5.41) is 16.4. The average Bonchev–Trinajstić information content (AvgIpc) is 2.60. The van der Waals surface area contributed by atoms with Gasteiger partial charge in [0.15, 0.2) is 0 Å². The number of carbonyl (C=O) groups excluding carboxylic acids is 2. The van der Waals surface area contributed by atoms with E-state index in [0.29, 0.717) is 16.9 Å². The lowest BCUT2D eigenvalue weighted by atomic mass is 10.1. The maximum atomic E-state index is 12.1. The molecule has 2 rings (SSSR count). The Morgan fingerprint density at radius 1 is 1.04 bits per heavy atom. The molecule has 0 bridgehead atoms. The molecule has 26 heavy (non-hydrogen) atoms. The highest BCUT2D eigenvalue weighted by Crippen LogP contribution is 2.19. The van der Waals surface area contributed by atoms with Crippen molar-refractivity contribution < 1.29 is 14.5 Å². The fraction of sp³-hybridized carbons (Fsp3) is 0.158. The molecule has 2 amide bonds. The SMILES string of the molecule is CC(C)C(=O)Nc1cccc(NC(=O)/C=C/c2ccccc2[N+](=O)[O-])c1. The summed E-state index contributed by atoms with van der Waals surface area (Å²) >= 11 is 0. The van der Waals surface area contributed by atoms with Crippen molar-refractivity contribution in [3.63, 3.8) is 0 Å². The Bertz CT molecular complexity index is 859. The maximum absolute atomic E-state index is 12.1. The van der Waals surface area contributed by atoms with Gasteiger partial charge in [0.1, 0.15) is 0 Å². The number of nitro benzene ring substituents is 1. The quantitative estimate of drug-likeness (QED) is 0.468. The van der Waals surface area contributed by atoms with Crippen LogP contribution in [0.5, 0.6) is 0 Å². The van der Waals surface area contributed by atoms with Crippen LogP contribution in [0, 0.1) is 16.0 Å². The van der Waals surface area contributed by atoms with E-state index in [-0.39, 0.29) is 17.5 Å². The van der Waals surface area contributed by atoms with Crippen molar-refractivity contribution in [3.8, 4) is 0 Å². The van der Waals surface area contributed by atoms with Crippen LogP contribution in [0.3, 0.4) is 0 Å². The Morgan fingerprint density at radius 2 is 1.69 bits per heavy atom. The van der Waals surface area contributed by atoms with Crippen molar-refractivity contribution in [2.75, 3.05) is 10.6 Å². The van der Waals surface area contributed by atoms with Crippen LogP contribution in [0.4, 0.5) is 17.1 Å². The number of benzene rings is 2. The Kier molecular flexibility index (Phi) is 6.21. The van der Waals surface area contributed by atoms with Crippen LogP contribution in [0.2, 0.25) is 0 Å². The average molecular weight is 353 g/mol. The molecule has 2 N–H and O–H groups in total. The number of anilines is 2. The number of para-hydroxylation sites is 1. The van der Waals surface area contributed by atoms with Crippen LogP contribution in [0.1, 0.15) is 19.4 Å². The second-order valence-electron chi connectivity index (χ2n) is 5.86. The molecule has 0 aromatic heterocycles. The molecule has 0 aliphatic carbocycles. The van der Waals surface area contributed by atoms with Crippen molar-refractivity contribution in [1.29, 1.82) is 0 Å². The molecule has 0 unspecified atom stereocenters. The predicted molar refractivity (Wildman–Crippen MR) is 101 cm³/mol. The molecule has 0 saturated carbocycles. The van der Waals surface area contributed by atoms with Crippen molar-refractivity contribution in [1.82, 2.24) is 0 Å². The number of hydrogen-bond acceptors (Lipinski definition) is 4. The van der Waals surface area contributed by atoms with E-state index in [1.54, 1.807) is 56.3 Å². The van der Waals surface area contributed by atoms with E-state index in [2.05, 4.69) is 10.6 Å². The minimum Gasteiger partial charge on any atom is -0.326 e. The number of rotatable bonds is 6. The number of nitrogens with zero attached hydrogens (tertiary/aromatic N) is 1. The van der Waals surface area contributed by atoms with Crippen LogP contribution in [-0.4, -0.2) is 16.7 Å². The van der Waals surface area contributed by atoms with Crippen LogP contribution >= 0.6 is 0 Å².